The summed E-state index contributed by atoms with van der Waals surface area (Å²) in [4.78, 5) is 30.8. The fourth-order valence-electron chi connectivity index (χ4n) is 4.38. The summed E-state index contributed by atoms with van der Waals surface area (Å²) < 4.78 is 0. The Balaban J connectivity index is 1.48. The van der Waals surface area contributed by atoms with Crippen LogP contribution in [0.2, 0.25) is 0 Å². The molecule has 1 N–H and O–H groups in total. The van der Waals surface area contributed by atoms with E-state index in [0.717, 1.165) is 58.1 Å². The Morgan fingerprint density at radius 2 is 2.03 bits per heavy atom. The zero-order chi connectivity index (χ0) is 22.2. The molecule has 0 bridgehead atoms. The molecule has 4 aromatic rings. The second kappa shape index (κ2) is 8.71. The van der Waals surface area contributed by atoms with Crippen LogP contribution in [0, 0.1) is 6.92 Å². The van der Waals surface area contributed by atoms with Gasteiger partial charge in [0.25, 0.3) is 5.91 Å². The van der Waals surface area contributed by atoms with Gasteiger partial charge < -0.3 is 9.88 Å². The van der Waals surface area contributed by atoms with Crippen LogP contribution < -0.4 is 0 Å². The van der Waals surface area contributed by atoms with E-state index in [9.17, 15) is 4.79 Å². The number of aromatic nitrogens is 3. The van der Waals surface area contributed by atoms with Crippen LogP contribution in [0.15, 0.2) is 47.4 Å². The van der Waals surface area contributed by atoms with Crippen molar-refractivity contribution in [1.82, 2.24) is 19.9 Å². The number of hydrogen-bond donors (Lipinski definition) is 1. The SMILES string of the molecule is CCc1ccc(-c2sc(C)nc2C(=O)N2CCCC2c2nc3ccc(SC)cc3[nH]2)cc1. The number of imidazole rings is 1. The zero-order valence-corrected chi connectivity index (χ0v) is 20.1. The van der Waals surface area contributed by atoms with E-state index in [1.807, 2.05) is 17.9 Å². The summed E-state index contributed by atoms with van der Waals surface area (Å²) in [5, 5.41) is 0.909. The number of nitrogens with one attached hydrogen (secondary N) is 1. The molecule has 1 amide bonds. The number of carbonyl (C=O) groups is 1. The Kier molecular flexibility index (Phi) is 5.78. The number of rotatable bonds is 5. The molecule has 7 heteroatoms. The highest BCUT2D eigenvalue weighted by Gasteiger charge is 2.35. The molecule has 1 fully saturated rings. The monoisotopic (exact) mass is 462 g/mol. The molecule has 1 saturated heterocycles. The van der Waals surface area contributed by atoms with Crippen molar-refractivity contribution in [2.45, 2.75) is 44.0 Å². The molecule has 5 rings (SSSR count). The van der Waals surface area contributed by atoms with Crippen molar-refractivity contribution in [2.75, 3.05) is 12.8 Å². The largest absolute Gasteiger partial charge is 0.340 e. The second-order valence-corrected chi connectivity index (χ2v) is 10.2. The molecule has 1 aliphatic heterocycles. The number of benzene rings is 2. The van der Waals surface area contributed by atoms with Crippen LogP contribution in [-0.4, -0.2) is 38.6 Å². The fourth-order valence-corrected chi connectivity index (χ4v) is 5.74. The van der Waals surface area contributed by atoms with Crippen molar-refractivity contribution >= 4 is 40.0 Å². The van der Waals surface area contributed by atoms with E-state index in [2.05, 4.69) is 59.5 Å². The van der Waals surface area contributed by atoms with E-state index < -0.39 is 0 Å². The lowest BCUT2D eigenvalue weighted by Gasteiger charge is -2.22. The van der Waals surface area contributed by atoms with Gasteiger partial charge in [-0.25, -0.2) is 9.97 Å². The number of likely N-dealkylation sites (tertiary alicyclic amines) is 1. The van der Waals surface area contributed by atoms with Gasteiger partial charge in [-0.15, -0.1) is 23.1 Å². The van der Waals surface area contributed by atoms with E-state index in [0.29, 0.717) is 5.69 Å². The van der Waals surface area contributed by atoms with E-state index in [-0.39, 0.29) is 11.9 Å². The molecular weight excluding hydrogens is 436 g/mol. The van der Waals surface area contributed by atoms with Crippen LogP contribution in [0.25, 0.3) is 21.5 Å². The van der Waals surface area contributed by atoms with Gasteiger partial charge in [-0.1, -0.05) is 31.2 Å². The quantitative estimate of drug-likeness (QED) is 0.356. The van der Waals surface area contributed by atoms with Crippen molar-refractivity contribution in [3.8, 4) is 10.4 Å². The van der Waals surface area contributed by atoms with Gasteiger partial charge in [0.15, 0.2) is 0 Å². The number of nitrogens with zero attached hydrogens (tertiary/aromatic N) is 3. The van der Waals surface area contributed by atoms with Gasteiger partial charge in [-0.2, -0.15) is 0 Å². The van der Waals surface area contributed by atoms with Crippen LogP contribution >= 0.6 is 23.1 Å². The van der Waals surface area contributed by atoms with Crippen LogP contribution in [0.4, 0.5) is 0 Å². The number of fused-ring (bicyclic) bond motifs is 1. The summed E-state index contributed by atoms with van der Waals surface area (Å²) in [6.45, 7) is 4.84. The van der Waals surface area contributed by atoms with Crippen LogP contribution in [0.5, 0.6) is 0 Å². The van der Waals surface area contributed by atoms with Gasteiger partial charge in [0.1, 0.15) is 11.5 Å². The number of amides is 1. The molecule has 0 saturated carbocycles. The summed E-state index contributed by atoms with van der Waals surface area (Å²) in [5.74, 6) is 0.863. The number of aryl methyl sites for hydroxylation is 2. The minimum atomic E-state index is -0.0510. The Morgan fingerprint density at radius 3 is 2.78 bits per heavy atom. The minimum Gasteiger partial charge on any atom is -0.340 e. The molecule has 164 valence electrons. The normalized spacial score (nSPS) is 16.2. The number of H-pyrrole nitrogens is 1. The van der Waals surface area contributed by atoms with Gasteiger partial charge in [-0.3, -0.25) is 4.79 Å². The van der Waals surface area contributed by atoms with E-state index in [4.69, 9.17) is 4.98 Å². The maximum absolute atomic E-state index is 13.7. The number of aromatic amines is 1. The first-order chi connectivity index (χ1) is 15.6. The highest BCUT2D eigenvalue weighted by atomic mass is 32.2. The van der Waals surface area contributed by atoms with E-state index in [1.54, 1.807) is 23.1 Å². The molecule has 0 spiro atoms. The smallest absolute Gasteiger partial charge is 0.274 e. The highest BCUT2D eigenvalue weighted by molar-refractivity contribution is 7.98. The third-order valence-electron chi connectivity index (χ3n) is 6.10. The Labute approximate surface area is 196 Å². The summed E-state index contributed by atoms with van der Waals surface area (Å²) in [6.07, 6.45) is 4.94. The van der Waals surface area contributed by atoms with Gasteiger partial charge >= 0.3 is 0 Å². The van der Waals surface area contributed by atoms with Gasteiger partial charge in [0, 0.05) is 11.4 Å². The molecule has 0 radical (unpaired) electrons. The van der Waals surface area contributed by atoms with Crippen LogP contribution in [0.3, 0.4) is 0 Å². The summed E-state index contributed by atoms with van der Waals surface area (Å²) in [5.41, 5.74) is 4.87. The van der Waals surface area contributed by atoms with E-state index >= 15 is 0 Å². The summed E-state index contributed by atoms with van der Waals surface area (Å²) in [7, 11) is 0. The Morgan fingerprint density at radius 1 is 1.22 bits per heavy atom. The second-order valence-electron chi connectivity index (χ2n) is 8.12. The standard InChI is InChI=1S/C25H26N4OS2/c1-4-16-7-9-17(10-8-16)23-22(26-15(2)32-23)25(30)29-13-5-6-21(29)24-27-19-12-11-18(31-3)14-20(19)28-24/h7-12,14,21H,4-6,13H2,1-3H3,(H,27,28). The predicted octanol–water partition coefficient (Wildman–Crippen LogP) is 6.26. The van der Waals surface area contributed by atoms with Crippen molar-refractivity contribution in [1.29, 1.82) is 0 Å². The molecular formula is C25H26N4OS2. The number of thioether (sulfide) groups is 1. The van der Waals surface area contributed by atoms with Crippen molar-refractivity contribution in [3.05, 3.63) is 64.6 Å². The number of carbonyl (C=O) groups excluding carboxylic acids is 1. The summed E-state index contributed by atoms with van der Waals surface area (Å²) >= 11 is 3.30. The average molecular weight is 463 g/mol. The van der Waals surface area contributed by atoms with Crippen LogP contribution in [0.1, 0.15) is 52.7 Å². The fraction of sp³-hybridized carbons (Fsp3) is 0.320. The third kappa shape index (κ3) is 3.84. The lowest BCUT2D eigenvalue weighted by atomic mass is 10.1. The van der Waals surface area contributed by atoms with Gasteiger partial charge in [0.2, 0.25) is 0 Å². The molecule has 2 aromatic carbocycles. The van der Waals surface area contributed by atoms with Crippen molar-refractivity contribution in [2.24, 2.45) is 0 Å². The first kappa shape index (κ1) is 21.2. The molecule has 2 aromatic heterocycles. The Hall–Kier alpha value is -2.64. The zero-order valence-electron chi connectivity index (χ0n) is 18.5. The molecule has 1 unspecified atom stereocenters. The first-order valence-corrected chi connectivity index (χ1v) is 13.0. The Bertz CT molecular complexity index is 1280. The van der Waals surface area contributed by atoms with Crippen molar-refractivity contribution < 1.29 is 4.79 Å². The predicted molar refractivity (Wildman–Crippen MR) is 133 cm³/mol. The maximum atomic E-state index is 13.7. The number of hydrogen-bond acceptors (Lipinski definition) is 5. The summed E-state index contributed by atoms with van der Waals surface area (Å²) in [6, 6.07) is 14.7. The highest BCUT2D eigenvalue weighted by Crippen LogP contribution is 2.37. The third-order valence-corrected chi connectivity index (χ3v) is 7.84. The lowest BCUT2D eigenvalue weighted by molar-refractivity contribution is 0.0726. The maximum Gasteiger partial charge on any atom is 0.274 e. The average Bonchev–Trinajstić information content (AvgIpc) is 3.55. The lowest BCUT2D eigenvalue weighted by Crippen LogP contribution is -2.31. The molecule has 1 aliphatic rings. The van der Waals surface area contributed by atoms with Crippen LogP contribution in [-0.2, 0) is 6.42 Å². The van der Waals surface area contributed by atoms with E-state index in [1.165, 1.54) is 10.5 Å². The molecule has 3 heterocycles. The van der Waals surface area contributed by atoms with Crippen molar-refractivity contribution in [3.63, 3.8) is 0 Å². The molecule has 32 heavy (non-hydrogen) atoms. The number of thiazole rings is 1. The molecule has 5 nitrogen and oxygen atoms in total. The molecule has 0 aliphatic carbocycles. The molecule has 1 atom stereocenters. The minimum absolute atomic E-state index is 0.00308. The van der Waals surface area contributed by atoms with Gasteiger partial charge in [0.05, 0.1) is 27.0 Å². The first-order valence-electron chi connectivity index (χ1n) is 11.0. The van der Waals surface area contributed by atoms with Gasteiger partial charge in [-0.05, 0) is 61.8 Å². The topological polar surface area (TPSA) is 61.9 Å².